The van der Waals surface area contributed by atoms with E-state index in [0.29, 0.717) is 4.47 Å². The van der Waals surface area contributed by atoms with Crippen LogP contribution in [0.1, 0.15) is 19.3 Å². The maximum absolute atomic E-state index is 12.2. The number of sulfonamides is 1. The second-order valence-electron chi connectivity index (χ2n) is 4.69. The lowest BCUT2D eigenvalue weighted by molar-refractivity contribution is -0.121. The minimum atomic E-state index is -3.86. The third kappa shape index (κ3) is 4.82. The highest BCUT2D eigenvalue weighted by molar-refractivity contribution is 9.10. The molecule has 0 atom stereocenters. The normalized spacial score (nSPS) is 15.0. The van der Waals surface area contributed by atoms with Gasteiger partial charge in [-0.1, -0.05) is 39.1 Å². The van der Waals surface area contributed by atoms with E-state index < -0.39 is 10.0 Å². The molecule has 0 unspecified atom stereocenters. The summed E-state index contributed by atoms with van der Waals surface area (Å²) >= 11 is 15.0. The average Bonchev–Trinajstić information content (AvgIpc) is 3.10. The predicted octanol–water partition coefficient (Wildman–Crippen LogP) is 2.70. The summed E-state index contributed by atoms with van der Waals surface area (Å²) in [6.45, 7) is -0.0103. The first-order valence-corrected chi connectivity index (χ1v) is 9.26. The van der Waals surface area contributed by atoms with E-state index in [2.05, 4.69) is 26.0 Å². The number of amides is 1. The molecule has 0 radical (unpaired) electrons. The van der Waals surface area contributed by atoms with Gasteiger partial charge in [-0.05, 0) is 25.0 Å². The van der Waals surface area contributed by atoms with E-state index in [1.165, 1.54) is 12.1 Å². The molecule has 21 heavy (non-hydrogen) atoms. The summed E-state index contributed by atoms with van der Waals surface area (Å²) < 4.78 is 27.3. The lowest BCUT2D eigenvalue weighted by atomic mass is 10.4. The number of carbonyl (C=O) groups is 1. The Morgan fingerprint density at radius 2 is 1.86 bits per heavy atom. The Morgan fingerprint density at radius 3 is 2.38 bits per heavy atom. The summed E-state index contributed by atoms with van der Waals surface area (Å²) in [4.78, 5) is 11.3. The summed E-state index contributed by atoms with van der Waals surface area (Å²) in [6.07, 6.45) is 2.05. The van der Waals surface area contributed by atoms with E-state index in [-0.39, 0.29) is 39.9 Å². The monoisotopic (exact) mass is 414 g/mol. The predicted molar refractivity (Wildman–Crippen MR) is 85.1 cm³/mol. The molecule has 1 aromatic rings. The highest BCUT2D eigenvalue weighted by Crippen LogP contribution is 2.32. The molecule has 2 rings (SSSR count). The molecule has 0 spiro atoms. The summed E-state index contributed by atoms with van der Waals surface area (Å²) in [6, 6.07) is 3.15. The molecule has 5 nitrogen and oxygen atoms in total. The maximum atomic E-state index is 12.2. The molecule has 0 aromatic heterocycles. The molecule has 1 aliphatic carbocycles. The molecule has 9 heteroatoms. The summed E-state index contributed by atoms with van der Waals surface area (Å²) in [5.74, 6) is -0.173. The van der Waals surface area contributed by atoms with Gasteiger partial charge in [0.05, 0.1) is 10.0 Å². The molecule has 1 saturated carbocycles. The van der Waals surface area contributed by atoms with Crippen molar-refractivity contribution in [1.29, 1.82) is 0 Å². The van der Waals surface area contributed by atoms with Crippen molar-refractivity contribution in [2.24, 2.45) is 0 Å². The molecule has 1 aliphatic rings. The molecule has 1 amide bonds. The Bertz CT molecular complexity index is 639. The van der Waals surface area contributed by atoms with Crippen LogP contribution >= 0.6 is 39.1 Å². The summed E-state index contributed by atoms with van der Waals surface area (Å²) in [7, 11) is -3.86. The van der Waals surface area contributed by atoms with Crippen LogP contribution in [0.4, 0.5) is 0 Å². The first-order chi connectivity index (χ1) is 9.79. The molecule has 2 N–H and O–H groups in total. The third-order valence-corrected chi connectivity index (χ3v) is 5.66. The molecule has 1 aromatic carbocycles. The van der Waals surface area contributed by atoms with Gasteiger partial charge >= 0.3 is 0 Å². The van der Waals surface area contributed by atoms with Gasteiger partial charge in [-0.3, -0.25) is 4.79 Å². The number of rotatable bonds is 6. The fourth-order valence-corrected chi connectivity index (χ4v) is 4.65. The molecule has 0 bridgehead atoms. The van der Waals surface area contributed by atoms with Gasteiger partial charge < -0.3 is 5.32 Å². The Hall–Kier alpha value is -0.340. The van der Waals surface area contributed by atoms with Crippen LogP contribution in [0, 0.1) is 0 Å². The fourth-order valence-electron chi connectivity index (χ4n) is 1.68. The van der Waals surface area contributed by atoms with Crippen molar-refractivity contribution in [1.82, 2.24) is 10.0 Å². The Morgan fingerprint density at radius 1 is 1.29 bits per heavy atom. The van der Waals surface area contributed by atoms with E-state index in [4.69, 9.17) is 23.2 Å². The van der Waals surface area contributed by atoms with Gasteiger partial charge in [-0.2, -0.15) is 0 Å². The molecule has 116 valence electrons. The average molecular weight is 416 g/mol. The molecule has 0 aliphatic heterocycles. The van der Waals surface area contributed by atoms with Crippen LogP contribution in [-0.4, -0.2) is 26.9 Å². The highest BCUT2D eigenvalue weighted by Gasteiger charge is 2.24. The smallest absolute Gasteiger partial charge is 0.243 e. The minimum absolute atomic E-state index is 0.0103. The third-order valence-electron chi connectivity index (χ3n) is 2.82. The lowest BCUT2D eigenvalue weighted by Crippen LogP contribution is -2.31. The second kappa shape index (κ2) is 6.83. The zero-order chi connectivity index (χ0) is 15.6. The summed E-state index contributed by atoms with van der Waals surface area (Å²) in [5.41, 5.74) is 0. The van der Waals surface area contributed by atoms with Crippen molar-refractivity contribution in [3.63, 3.8) is 0 Å². The van der Waals surface area contributed by atoms with Gasteiger partial charge in [0.25, 0.3) is 0 Å². The number of hydrogen-bond donors (Lipinski definition) is 2. The van der Waals surface area contributed by atoms with E-state index >= 15 is 0 Å². The fraction of sp³-hybridized carbons (Fsp3) is 0.417. The standard InChI is InChI=1S/C12H13BrCl2N2O3S/c13-7-5-9(14)12(10(15)6-7)21(19,20)16-4-3-11(18)17-8-1-2-8/h5-6,8,16H,1-4H2,(H,17,18). The van der Waals surface area contributed by atoms with Crippen LogP contribution < -0.4 is 10.0 Å². The van der Waals surface area contributed by atoms with Crippen LogP contribution in [0.3, 0.4) is 0 Å². The number of benzene rings is 1. The van der Waals surface area contributed by atoms with Gasteiger partial charge in [0.2, 0.25) is 15.9 Å². The Kier molecular flexibility index (Phi) is 5.54. The van der Waals surface area contributed by atoms with Crippen molar-refractivity contribution < 1.29 is 13.2 Å². The van der Waals surface area contributed by atoms with Gasteiger partial charge in [0.15, 0.2) is 0 Å². The Balaban J connectivity index is 1.99. The number of nitrogens with one attached hydrogen (secondary N) is 2. The first-order valence-electron chi connectivity index (χ1n) is 6.23. The number of hydrogen-bond acceptors (Lipinski definition) is 3. The molecular formula is C12H13BrCl2N2O3S. The van der Waals surface area contributed by atoms with Crippen LogP contribution in [0.25, 0.3) is 0 Å². The molecule has 1 fully saturated rings. The van der Waals surface area contributed by atoms with Gasteiger partial charge in [-0.15, -0.1) is 0 Å². The van der Waals surface area contributed by atoms with Crippen molar-refractivity contribution in [2.45, 2.75) is 30.2 Å². The van der Waals surface area contributed by atoms with Crippen LogP contribution in [0.15, 0.2) is 21.5 Å². The second-order valence-corrected chi connectivity index (χ2v) is 8.12. The molecule has 0 heterocycles. The van der Waals surface area contributed by atoms with Crippen molar-refractivity contribution in [3.8, 4) is 0 Å². The van der Waals surface area contributed by atoms with Gasteiger partial charge in [0.1, 0.15) is 4.90 Å². The zero-order valence-electron chi connectivity index (χ0n) is 10.8. The van der Waals surface area contributed by atoms with Gasteiger partial charge in [-0.25, -0.2) is 13.1 Å². The maximum Gasteiger partial charge on any atom is 0.243 e. The van der Waals surface area contributed by atoms with E-state index in [1.807, 2.05) is 0 Å². The quantitative estimate of drug-likeness (QED) is 0.749. The van der Waals surface area contributed by atoms with E-state index in [1.54, 1.807) is 0 Å². The highest BCUT2D eigenvalue weighted by atomic mass is 79.9. The molecular weight excluding hydrogens is 403 g/mol. The first kappa shape index (κ1) is 17.0. The van der Waals surface area contributed by atoms with Crippen molar-refractivity contribution >= 4 is 55.1 Å². The minimum Gasteiger partial charge on any atom is -0.353 e. The van der Waals surface area contributed by atoms with E-state index in [9.17, 15) is 13.2 Å². The van der Waals surface area contributed by atoms with Crippen LogP contribution in [0.2, 0.25) is 10.0 Å². The van der Waals surface area contributed by atoms with Crippen molar-refractivity contribution in [3.05, 3.63) is 26.7 Å². The molecule has 0 saturated heterocycles. The number of halogens is 3. The largest absolute Gasteiger partial charge is 0.353 e. The van der Waals surface area contributed by atoms with Crippen LogP contribution in [0.5, 0.6) is 0 Å². The zero-order valence-corrected chi connectivity index (χ0v) is 14.7. The Labute approximate surface area is 141 Å². The van der Waals surface area contributed by atoms with Crippen molar-refractivity contribution in [2.75, 3.05) is 6.54 Å². The topological polar surface area (TPSA) is 75.3 Å². The lowest BCUT2D eigenvalue weighted by Gasteiger charge is -2.10. The van der Waals surface area contributed by atoms with Gasteiger partial charge in [0, 0.05) is 23.5 Å². The van der Waals surface area contributed by atoms with Crippen LogP contribution in [-0.2, 0) is 14.8 Å². The number of carbonyl (C=O) groups excluding carboxylic acids is 1. The summed E-state index contributed by atoms with van der Waals surface area (Å²) in [5, 5.41) is 2.81. The van der Waals surface area contributed by atoms with E-state index in [0.717, 1.165) is 12.8 Å². The SMILES string of the molecule is O=C(CCNS(=O)(=O)c1c(Cl)cc(Br)cc1Cl)NC1CC1.